The summed E-state index contributed by atoms with van der Waals surface area (Å²) < 4.78 is 3.95. The molecule has 2 aromatic rings. The highest BCUT2D eigenvalue weighted by molar-refractivity contribution is 5.85. The van der Waals surface area contributed by atoms with Crippen molar-refractivity contribution < 1.29 is 0 Å². The molecule has 0 aliphatic carbocycles. The van der Waals surface area contributed by atoms with E-state index in [2.05, 4.69) is 42.5 Å². The third-order valence-corrected chi connectivity index (χ3v) is 2.99. The van der Waals surface area contributed by atoms with Gasteiger partial charge in [-0.1, -0.05) is 13.8 Å². The smallest absolute Gasteiger partial charge is 0.0825 e. The van der Waals surface area contributed by atoms with E-state index in [-0.39, 0.29) is 12.4 Å². The van der Waals surface area contributed by atoms with Gasteiger partial charge in [-0.15, -0.1) is 12.4 Å². The van der Waals surface area contributed by atoms with E-state index in [1.54, 1.807) is 0 Å². The van der Waals surface area contributed by atoms with E-state index < -0.39 is 0 Å². The Bertz CT molecular complexity index is 529. The van der Waals surface area contributed by atoms with Crippen LogP contribution in [0, 0.1) is 12.8 Å². The summed E-state index contributed by atoms with van der Waals surface area (Å²) >= 11 is 0. The lowest BCUT2D eigenvalue weighted by molar-refractivity contribution is 0.483. The Hall–Kier alpha value is -1.49. The first-order chi connectivity index (χ1) is 9.08. The highest BCUT2D eigenvalue weighted by Gasteiger charge is 2.05. The first-order valence-corrected chi connectivity index (χ1v) is 6.87. The number of aryl methyl sites for hydroxylation is 2. The molecule has 1 N–H and O–H groups in total. The maximum Gasteiger partial charge on any atom is 0.0825 e. The fourth-order valence-corrected chi connectivity index (χ4v) is 2.02. The molecule has 0 spiro atoms. The van der Waals surface area contributed by atoms with E-state index in [1.807, 2.05) is 28.7 Å². The van der Waals surface area contributed by atoms with E-state index in [0.717, 1.165) is 31.0 Å². The maximum absolute atomic E-state index is 4.42. The molecule has 6 heteroatoms. The molecule has 0 aliphatic rings. The van der Waals surface area contributed by atoms with Crippen LogP contribution in [0.15, 0.2) is 18.6 Å². The summed E-state index contributed by atoms with van der Waals surface area (Å²) in [6.45, 7) is 11.2. The van der Waals surface area contributed by atoms with E-state index in [4.69, 9.17) is 0 Å². The van der Waals surface area contributed by atoms with Gasteiger partial charge >= 0.3 is 0 Å². The van der Waals surface area contributed by atoms with Crippen LogP contribution >= 0.6 is 12.4 Å². The van der Waals surface area contributed by atoms with Gasteiger partial charge in [-0.25, -0.2) is 0 Å². The highest BCUT2D eigenvalue weighted by Crippen LogP contribution is 2.13. The molecule has 112 valence electrons. The van der Waals surface area contributed by atoms with Gasteiger partial charge in [0.15, 0.2) is 0 Å². The molecule has 0 amide bonds. The molecule has 0 aromatic carbocycles. The normalized spacial score (nSPS) is 10.7. The molecule has 2 aromatic heterocycles. The molecular weight excluding hydrogens is 274 g/mol. The van der Waals surface area contributed by atoms with Crippen molar-refractivity contribution in [2.24, 2.45) is 5.92 Å². The zero-order valence-corrected chi connectivity index (χ0v) is 13.4. The Balaban J connectivity index is 0.00000200. The lowest BCUT2D eigenvalue weighted by Crippen LogP contribution is -2.04. The van der Waals surface area contributed by atoms with Crippen LogP contribution in [0.1, 0.15) is 32.0 Å². The van der Waals surface area contributed by atoms with Crippen molar-refractivity contribution in [3.8, 4) is 0 Å². The zero-order valence-electron chi connectivity index (χ0n) is 12.6. The Morgan fingerprint density at radius 3 is 2.60 bits per heavy atom. The van der Waals surface area contributed by atoms with Crippen LogP contribution in [0.5, 0.6) is 0 Å². The highest BCUT2D eigenvalue weighted by atomic mass is 35.5. The van der Waals surface area contributed by atoms with Crippen LogP contribution in [0.25, 0.3) is 0 Å². The summed E-state index contributed by atoms with van der Waals surface area (Å²) in [6.07, 6.45) is 6.08. The number of nitrogens with one attached hydrogen (secondary N) is 1. The lowest BCUT2D eigenvalue weighted by atomic mass is 10.2. The van der Waals surface area contributed by atoms with Crippen molar-refractivity contribution in [3.63, 3.8) is 0 Å². The molecule has 5 nitrogen and oxygen atoms in total. The van der Waals surface area contributed by atoms with Crippen molar-refractivity contribution in [1.82, 2.24) is 19.6 Å². The minimum atomic E-state index is 0. The molecule has 0 bridgehead atoms. The second-order valence-corrected chi connectivity index (χ2v) is 5.30. The summed E-state index contributed by atoms with van der Waals surface area (Å²) in [6, 6.07) is 0. The SMILES string of the molecule is CCn1cc(NCc2cnn(CC(C)C)c2)c(C)n1.Cl. The second-order valence-electron chi connectivity index (χ2n) is 5.30. The van der Waals surface area contributed by atoms with Gasteiger partial charge in [0, 0.05) is 37.6 Å². The zero-order chi connectivity index (χ0) is 13.8. The van der Waals surface area contributed by atoms with Crippen molar-refractivity contribution in [2.75, 3.05) is 5.32 Å². The van der Waals surface area contributed by atoms with Gasteiger partial charge in [0.2, 0.25) is 0 Å². The standard InChI is InChI=1S/C14H23N5.ClH/c1-5-18-10-14(12(4)17-18)15-6-13-7-16-19(9-13)8-11(2)3;/h7,9-11,15H,5-6,8H2,1-4H3;1H. The van der Waals surface area contributed by atoms with Gasteiger partial charge in [-0.3, -0.25) is 9.36 Å². The average molecular weight is 298 g/mol. The summed E-state index contributed by atoms with van der Waals surface area (Å²) in [5.74, 6) is 0.616. The van der Waals surface area contributed by atoms with E-state index in [1.165, 1.54) is 5.56 Å². The molecule has 0 saturated carbocycles. The van der Waals surface area contributed by atoms with E-state index >= 15 is 0 Å². The van der Waals surface area contributed by atoms with Gasteiger partial charge in [0.05, 0.1) is 17.6 Å². The minimum absolute atomic E-state index is 0. The molecule has 2 rings (SSSR count). The molecule has 0 aliphatic heterocycles. The number of rotatable bonds is 6. The Labute approximate surface area is 126 Å². The number of halogens is 1. The number of aromatic nitrogens is 4. The number of hydrogen-bond acceptors (Lipinski definition) is 3. The molecule has 0 unspecified atom stereocenters. The van der Waals surface area contributed by atoms with Gasteiger partial charge in [-0.05, 0) is 19.8 Å². The Morgan fingerprint density at radius 2 is 2.00 bits per heavy atom. The van der Waals surface area contributed by atoms with Crippen LogP contribution in [0.2, 0.25) is 0 Å². The lowest BCUT2D eigenvalue weighted by Gasteiger charge is -2.04. The van der Waals surface area contributed by atoms with E-state index in [0.29, 0.717) is 5.92 Å². The fourth-order valence-electron chi connectivity index (χ4n) is 2.02. The van der Waals surface area contributed by atoms with Gasteiger partial charge in [0.1, 0.15) is 0 Å². The minimum Gasteiger partial charge on any atom is -0.378 e. The number of nitrogens with zero attached hydrogens (tertiary/aromatic N) is 4. The predicted octanol–water partition coefficient (Wildman–Crippen LogP) is 3.10. The second kappa shape index (κ2) is 7.33. The molecule has 2 heterocycles. The molecule has 0 fully saturated rings. The monoisotopic (exact) mass is 297 g/mol. The summed E-state index contributed by atoms with van der Waals surface area (Å²) in [4.78, 5) is 0. The molecule has 0 atom stereocenters. The first kappa shape index (κ1) is 16.6. The number of hydrogen-bond donors (Lipinski definition) is 1. The van der Waals surface area contributed by atoms with Gasteiger partial charge in [-0.2, -0.15) is 10.2 Å². The van der Waals surface area contributed by atoms with Gasteiger partial charge in [0.25, 0.3) is 0 Å². The van der Waals surface area contributed by atoms with Crippen LogP contribution in [0.4, 0.5) is 5.69 Å². The quantitative estimate of drug-likeness (QED) is 0.891. The summed E-state index contributed by atoms with van der Waals surface area (Å²) in [5.41, 5.74) is 3.33. The molecule has 20 heavy (non-hydrogen) atoms. The average Bonchev–Trinajstić information content (AvgIpc) is 2.93. The van der Waals surface area contributed by atoms with Crippen molar-refractivity contribution in [1.29, 1.82) is 0 Å². The molecule has 0 radical (unpaired) electrons. The first-order valence-electron chi connectivity index (χ1n) is 6.87. The van der Waals surface area contributed by atoms with Crippen LogP contribution in [-0.4, -0.2) is 19.6 Å². The van der Waals surface area contributed by atoms with Crippen molar-refractivity contribution in [3.05, 3.63) is 29.8 Å². The Kier molecular flexibility index (Phi) is 6.07. The topological polar surface area (TPSA) is 47.7 Å². The van der Waals surface area contributed by atoms with Crippen LogP contribution in [-0.2, 0) is 19.6 Å². The Morgan fingerprint density at radius 1 is 1.25 bits per heavy atom. The molecular formula is C14H24ClN5. The third-order valence-electron chi connectivity index (χ3n) is 2.99. The summed E-state index contributed by atoms with van der Waals surface area (Å²) in [5, 5.41) is 12.2. The predicted molar refractivity (Wildman–Crippen MR) is 84.3 cm³/mol. The largest absolute Gasteiger partial charge is 0.378 e. The van der Waals surface area contributed by atoms with Crippen molar-refractivity contribution >= 4 is 18.1 Å². The summed E-state index contributed by atoms with van der Waals surface area (Å²) in [7, 11) is 0. The third kappa shape index (κ3) is 4.27. The van der Waals surface area contributed by atoms with Crippen LogP contribution < -0.4 is 5.32 Å². The van der Waals surface area contributed by atoms with Gasteiger partial charge < -0.3 is 5.32 Å². The van der Waals surface area contributed by atoms with Crippen LogP contribution in [0.3, 0.4) is 0 Å². The molecule has 0 saturated heterocycles. The fraction of sp³-hybridized carbons (Fsp3) is 0.571. The van der Waals surface area contributed by atoms with Crippen molar-refractivity contribution in [2.45, 2.75) is 47.3 Å². The number of anilines is 1. The van der Waals surface area contributed by atoms with E-state index in [9.17, 15) is 0 Å². The maximum atomic E-state index is 4.42.